The van der Waals surface area contributed by atoms with E-state index in [-0.39, 0.29) is 11.7 Å². The summed E-state index contributed by atoms with van der Waals surface area (Å²) in [6.45, 7) is 3.11. The van der Waals surface area contributed by atoms with Crippen molar-refractivity contribution >= 4 is 17.7 Å². The molecule has 8 heteroatoms. The van der Waals surface area contributed by atoms with E-state index in [9.17, 15) is 9.18 Å². The molecule has 3 heterocycles. The Kier molecular flexibility index (Phi) is 5.13. The van der Waals surface area contributed by atoms with Gasteiger partial charge in [-0.1, -0.05) is 5.16 Å². The standard InChI is InChI=1S/C20H19FN4O2S/c1-12-18(19-23-20(27-24-19)13-3-5-15(21)6-4-13)16-7-8-25(17(26)11-28-2)10-14(16)9-22-12/h3-6,9H,7-8,10-11H2,1-2H3. The first kappa shape index (κ1) is 18.6. The molecule has 1 amide bonds. The van der Waals surface area contributed by atoms with Crippen molar-refractivity contribution in [3.63, 3.8) is 0 Å². The molecule has 0 unspecified atom stereocenters. The van der Waals surface area contributed by atoms with Crippen molar-refractivity contribution in [1.82, 2.24) is 20.0 Å². The Bertz CT molecular complexity index is 1020. The highest BCUT2D eigenvalue weighted by Crippen LogP contribution is 2.32. The maximum atomic E-state index is 13.1. The van der Waals surface area contributed by atoms with Crippen LogP contribution >= 0.6 is 11.8 Å². The van der Waals surface area contributed by atoms with Crippen molar-refractivity contribution in [3.05, 3.63) is 53.1 Å². The van der Waals surface area contributed by atoms with E-state index in [1.165, 1.54) is 23.9 Å². The first-order chi connectivity index (χ1) is 13.6. The quantitative estimate of drug-likeness (QED) is 0.670. The van der Waals surface area contributed by atoms with Gasteiger partial charge in [0, 0.05) is 36.1 Å². The fourth-order valence-corrected chi connectivity index (χ4v) is 3.84. The van der Waals surface area contributed by atoms with E-state index in [0.717, 1.165) is 22.4 Å². The van der Waals surface area contributed by atoms with Gasteiger partial charge in [0.2, 0.25) is 11.7 Å². The molecule has 0 aliphatic carbocycles. The second kappa shape index (κ2) is 7.71. The highest BCUT2D eigenvalue weighted by atomic mass is 32.2. The van der Waals surface area contributed by atoms with Crippen LogP contribution in [0.15, 0.2) is 35.0 Å². The maximum absolute atomic E-state index is 13.1. The smallest absolute Gasteiger partial charge is 0.258 e. The number of pyridine rings is 1. The van der Waals surface area contributed by atoms with Crippen molar-refractivity contribution in [3.8, 4) is 22.8 Å². The van der Waals surface area contributed by atoms with Crippen LogP contribution in [-0.2, 0) is 17.8 Å². The number of benzene rings is 1. The number of hydrogen-bond donors (Lipinski definition) is 0. The molecule has 2 aromatic heterocycles. The first-order valence-corrected chi connectivity index (χ1v) is 10.3. The summed E-state index contributed by atoms with van der Waals surface area (Å²) in [5, 5.41) is 4.13. The van der Waals surface area contributed by atoms with Gasteiger partial charge in [-0.2, -0.15) is 16.7 Å². The van der Waals surface area contributed by atoms with Crippen molar-refractivity contribution in [1.29, 1.82) is 0 Å². The van der Waals surface area contributed by atoms with Gasteiger partial charge in [-0.05, 0) is 55.0 Å². The number of carbonyl (C=O) groups excluding carboxylic acids is 1. The monoisotopic (exact) mass is 398 g/mol. The maximum Gasteiger partial charge on any atom is 0.258 e. The summed E-state index contributed by atoms with van der Waals surface area (Å²) in [7, 11) is 0. The number of thioether (sulfide) groups is 1. The summed E-state index contributed by atoms with van der Waals surface area (Å²) >= 11 is 1.53. The highest BCUT2D eigenvalue weighted by molar-refractivity contribution is 7.99. The Labute approximate surface area is 166 Å². The lowest BCUT2D eigenvalue weighted by Crippen LogP contribution is -2.37. The van der Waals surface area contributed by atoms with E-state index >= 15 is 0 Å². The summed E-state index contributed by atoms with van der Waals surface area (Å²) in [4.78, 5) is 23.1. The van der Waals surface area contributed by atoms with E-state index in [4.69, 9.17) is 4.52 Å². The van der Waals surface area contributed by atoms with Gasteiger partial charge in [0.05, 0.1) is 5.75 Å². The minimum Gasteiger partial charge on any atom is -0.337 e. The predicted octanol–water partition coefficient (Wildman–Crippen LogP) is 3.49. The molecule has 3 aromatic rings. The lowest BCUT2D eigenvalue weighted by molar-refractivity contribution is -0.129. The molecule has 6 nitrogen and oxygen atoms in total. The van der Waals surface area contributed by atoms with Crippen LogP contribution in [0.5, 0.6) is 0 Å². The van der Waals surface area contributed by atoms with Gasteiger partial charge < -0.3 is 9.42 Å². The molecule has 0 N–H and O–H groups in total. The number of carbonyl (C=O) groups is 1. The Balaban J connectivity index is 1.67. The fraction of sp³-hybridized carbons (Fsp3) is 0.300. The van der Waals surface area contributed by atoms with Gasteiger partial charge in [-0.15, -0.1) is 0 Å². The third-order valence-electron chi connectivity index (χ3n) is 4.82. The SMILES string of the molecule is CSCC(=O)N1CCc2c(cnc(C)c2-c2noc(-c3ccc(F)cc3)n2)C1. The number of nitrogens with zero attached hydrogens (tertiary/aromatic N) is 4. The molecule has 0 fully saturated rings. The molecule has 1 aliphatic heterocycles. The molecule has 4 rings (SSSR count). The minimum atomic E-state index is -0.318. The van der Waals surface area contributed by atoms with Crippen LogP contribution in [-0.4, -0.2) is 44.5 Å². The van der Waals surface area contributed by atoms with E-state index in [2.05, 4.69) is 15.1 Å². The third kappa shape index (κ3) is 3.52. The molecule has 0 spiro atoms. The topological polar surface area (TPSA) is 72.1 Å². The van der Waals surface area contributed by atoms with Crippen LogP contribution in [0, 0.1) is 12.7 Å². The number of amides is 1. The van der Waals surface area contributed by atoms with Gasteiger partial charge in [0.15, 0.2) is 0 Å². The second-order valence-electron chi connectivity index (χ2n) is 6.65. The summed E-state index contributed by atoms with van der Waals surface area (Å²) < 4.78 is 18.6. The molecule has 0 saturated carbocycles. The molecule has 0 atom stereocenters. The van der Waals surface area contributed by atoms with E-state index < -0.39 is 0 Å². The average molecular weight is 398 g/mol. The minimum absolute atomic E-state index is 0.137. The molecular weight excluding hydrogens is 379 g/mol. The van der Waals surface area contributed by atoms with E-state index in [0.29, 0.717) is 42.5 Å². The Morgan fingerprint density at radius 3 is 2.86 bits per heavy atom. The summed E-state index contributed by atoms with van der Waals surface area (Å²) in [5.74, 6) is 1.09. The normalized spacial score (nSPS) is 13.5. The highest BCUT2D eigenvalue weighted by Gasteiger charge is 2.26. The average Bonchev–Trinajstić information content (AvgIpc) is 3.18. The van der Waals surface area contributed by atoms with Crippen LogP contribution in [0.25, 0.3) is 22.8 Å². The van der Waals surface area contributed by atoms with E-state index in [1.807, 2.05) is 24.3 Å². The van der Waals surface area contributed by atoms with Crippen LogP contribution in [0.1, 0.15) is 16.8 Å². The van der Waals surface area contributed by atoms with Crippen molar-refractivity contribution < 1.29 is 13.7 Å². The van der Waals surface area contributed by atoms with Crippen LogP contribution in [0.3, 0.4) is 0 Å². The number of aryl methyl sites for hydroxylation is 1. The molecule has 1 aliphatic rings. The fourth-order valence-electron chi connectivity index (χ4n) is 3.41. The van der Waals surface area contributed by atoms with Crippen LogP contribution < -0.4 is 0 Å². The van der Waals surface area contributed by atoms with Gasteiger partial charge in [0.25, 0.3) is 5.89 Å². The van der Waals surface area contributed by atoms with Gasteiger partial charge in [-0.3, -0.25) is 9.78 Å². The molecular formula is C20H19FN4O2S. The van der Waals surface area contributed by atoms with Gasteiger partial charge in [0.1, 0.15) is 5.82 Å². The number of aromatic nitrogens is 3. The molecule has 28 heavy (non-hydrogen) atoms. The predicted molar refractivity (Wildman–Crippen MR) is 105 cm³/mol. The van der Waals surface area contributed by atoms with Crippen molar-refractivity contribution in [2.24, 2.45) is 0 Å². The number of rotatable bonds is 4. The van der Waals surface area contributed by atoms with Gasteiger partial charge >= 0.3 is 0 Å². The second-order valence-corrected chi connectivity index (χ2v) is 7.52. The molecule has 0 radical (unpaired) electrons. The van der Waals surface area contributed by atoms with Crippen molar-refractivity contribution in [2.45, 2.75) is 19.9 Å². The van der Waals surface area contributed by atoms with E-state index in [1.54, 1.807) is 12.1 Å². The lowest BCUT2D eigenvalue weighted by Gasteiger charge is -2.29. The molecule has 144 valence electrons. The number of halogens is 1. The number of hydrogen-bond acceptors (Lipinski definition) is 6. The van der Waals surface area contributed by atoms with Crippen LogP contribution in [0.2, 0.25) is 0 Å². The first-order valence-electron chi connectivity index (χ1n) is 8.91. The zero-order chi connectivity index (χ0) is 19.7. The lowest BCUT2D eigenvalue weighted by atomic mass is 9.94. The summed E-state index contributed by atoms with van der Waals surface area (Å²) in [5.41, 5.74) is 4.44. The Morgan fingerprint density at radius 2 is 2.11 bits per heavy atom. The largest absolute Gasteiger partial charge is 0.337 e. The molecule has 0 saturated heterocycles. The zero-order valence-electron chi connectivity index (χ0n) is 15.6. The Morgan fingerprint density at radius 1 is 1.32 bits per heavy atom. The van der Waals surface area contributed by atoms with Gasteiger partial charge in [-0.25, -0.2) is 4.39 Å². The van der Waals surface area contributed by atoms with Crippen molar-refractivity contribution in [2.75, 3.05) is 18.6 Å². The number of fused-ring (bicyclic) bond motifs is 1. The van der Waals surface area contributed by atoms with Crippen LogP contribution in [0.4, 0.5) is 4.39 Å². The summed E-state index contributed by atoms with van der Waals surface area (Å²) in [6.07, 6.45) is 4.47. The Hall–Kier alpha value is -2.74. The molecule has 0 bridgehead atoms. The summed E-state index contributed by atoms with van der Waals surface area (Å²) in [6, 6.07) is 5.92. The third-order valence-corrected chi connectivity index (χ3v) is 5.36. The molecule has 1 aromatic carbocycles. The zero-order valence-corrected chi connectivity index (χ0v) is 16.4.